The number of aromatic amines is 1. The molecular weight excluding hydrogens is 383 g/mol. The van der Waals surface area contributed by atoms with Crippen LogP contribution in [-0.4, -0.2) is 64.4 Å². The number of nitrogens with zero attached hydrogens (tertiary/aromatic N) is 2. The number of aryl methyl sites for hydroxylation is 1. The summed E-state index contributed by atoms with van der Waals surface area (Å²) in [6, 6.07) is 5.60. The van der Waals surface area contributed by atoms with E-state index in [0.717, 1.165) is 50.9 Å². The van der Waals surface area contributed by atoms with Crippen molar-refractivity contribution in [1.82, 2.24) is 20.1 Å². The van der Waals surface area contributed by atoms with Crippen LogP contribution in [0, 0.1) is 12.7 Å². The largest absolute Gasteiger partial charge is 0.350 e. The summed E-state index contributed by atoms with van der Waals surface area (Å²) in [5.41, 5.74) is 2.00. The van der Waals surface area contributed by atoms with E-state index in [1.807, 2.05) is 11.8 Å². The van der Waals surface area contributed by atoms with Gasteiger partial charge in [-0.25, -0.2) is 4.39 Å². The molecule has 3 atom stereocenters. The van der Waals surface area contributed by atoms with Gasteiger partial charge in [0.25, 0.3) is 5.91 Å². The predicted octanol–water partition coefficient (Wildman–Crippen LogP) is 3.21. The second-order valence-electron chi connectivity index (χ2n) is 8.88. The molecule has 162 valence electrons. The molecule has 2 N–H and O–H groups in total. The van der Waals surface area contributed by atoms with Gasteiger partial charge in [0, 0.05) is 50.1 Å². The van der Waals surface area contributed by atoms with Crippen LogP contribution in [0.4, 0.5) is 4.39 Å². The number of hydrogen-bond acceptors (Lipinski definition) is 3. The van der Waals surface area contributed by atoms with Crippen molar-refractivity contribution in [2.45, 2.75) is 64.6 Å². The molecule has 1 aliphatic carbocycles. The van der Waals surface area contributed by atoms with Gasteiger partial charge in [-0.15, -0.1) is 0 Å². The lowest BCUT2D eigenvalue weighted by atomic mass is 9.88. The number of halogens is 1. The normalized spacial score (nSPS) is 25.5. The SMILES string of the molecule is CC(=O)N1CCN([C@H]2CCC[C@@H](NC(=O)c3cc4c(F)ccc(C)c4[nH]3)C2)[C@@H](C)C1. The van der Waals surface area contributed by atoms with Crippen LogP contribution < -0.4 is 5.32 Å². The predicted molar refractivity (Wildman–Crippen MR) is 115 cm³/mol. The van der Waals surface area contributed by atoms with Crippen molar-refractivity contribution in [3.05, 3.63) is 35.3 Å². The van der Waals surface area contributed by atoms with Crippen LogP contribution >= 0.6 is 0 Å². The van der Waals surface area contributed by atoms with Crippen LogP contribution in [0.5, 0.6) is 0 Å². The molecule has 2 aromatic rings. The zero-order valence-electron chi connectivity index (χ0n) is 18.0. The number of rotatable bonds is 3. The third-order valence-electron chi connectivity index (χ3n) is 6.77. The van der Waals surface area contributed by atoms with Gasteiger partial charge in [0.2, 0.25) is 5.91 Å². The van der Waals surface area contributed by atoms with E-state index in [1.165, 1.54) is 6.07 Å². The Bertz CT molecular complexity index is 917. The molecule has 4 rings (SSSR count). The van der Waals surface area contributed by atoms with Crippen LogP contribution in [0.2, 0.25) is 0 Å². The Morgan fingerprint density at radius 3 is 2.73 bits per heavy atom. The number of carbonyl (C=O) groups excluding carboxylic acids is 2. The average Bonchev–Trinajstić information content (AvgIpc) is 3.18. The first-order chi connectivity index (χ1) is 14.3. The molecule has 7 heteroatoms. The summed E-state index contributed by atoms with van der Waals surface area (Å²) in [6.45, 7) is 8.13. The number of hydrogen-bond donors (Lipinski definition) is 2. The molecule has 1 aromatic heterocycles. The van der Waals surface area contributed by atoms with E-state index in [1.54, 1.807) is 19.1 Å². The number of piperazine rings is 1. The number of aromatic nitrogens is 1. The lowest BCUT2D eigenvalue weighted by Crippen LogP contribution is -2.58. The monoisotopic (exact) mass is 414 g/mol. The second kappa shape index (κ2) is 8.38. The second-order valence-corrected chi connectivity index (χ2v) is 8.88. The lowest BCUT2D eigenvalue weighted by molar-refractivity contribution is -0.132. The molecule has 0 bridgehead atoms. The Labute approximate surface area is 176 Å². The zero-order valence-corrected chi connectivity index (χ0v) is 18.0. The van der Waals surface area contributed by atoms with Crippen molar-refractivity contribution in [3.8, 4) is 0 Å². The number of nitrogens with one attached hydrogen (secondary N) is 2. The molecule has 2 amide bonds. The quantitative estimate of drug-likeness (QED) is 0.810. The van der Waals surface area contributed by atoms with Gasteiger partial charge in [-0.1, -0.05) is 6.07 Å². The number of H-pyrrole nitrogens is 1. The van der Waals surface area contributed by atoms with Crippen molar-refractivity contribution in [2.24, 2.45) is 0 Å². The van der Waals surface area contributed by atoms with Gasteiger partial charge < -0.3 is 15.2 Å². The summed E-state index contributed by atoms with van der Waals surface area (Å²) in [4.78, 5) is 32.0. The molecule has 1 saturated heterocycles. The van der Waals surface area contributed by atoms with Gasteiger partial charge >= 0.3 is 0 Å². The Hall–Kier alpha value is -2.41. The van der Waals surface area contributed by atoms with Crippen molar-refractivity contribution in [3.63, 3.8) is 0 Å². The third kappa shape index (κ3) is 4.08. The van der Waals surface area contributed by atoms with Crippen LogP contribution in [0.1, 0.15) is 55.6 Å². The van der Waals surface area contributed by atoms with Crippen molar-refractivity contribution in [1.29, 1.82) is 0 Å². The molecule has 0 spiro atoms. The number of carbonyl (C=O) groups is 2. The Kier molecular flexibility index (Phi) is 5.82. The number of amides is 2. The maximum absolute atomic E-state index is 14.1. The summed E-state index contributed by atoms with van der Waals surface area (Å²) >= 11 is 0. The minimum Gasteiger partial charge on any atom is -0.350 e. The van der Waals surface area contributed by atoms with Crippen LogP contribution in [0.25, 0.3) is 10.9 Å². The zero-order chi connectivity index (χ0) is 21.4. The van der Waals surface area contributed by atoms with Crippen molar-refractivity contribution >= 4 is 22.7 Å². The fourth-order valence-electron chi connectivity index (χ4n) is 5.11. The summed E-state index contributed by atoms with van der Waals surface area (Å²) in [6.07, 6.45) is 4.05. The van der Waals surface area contributed by atoms with E-state index in [9.17, 15) is 14.0 Å². The maximum Gasteiger partial charge on any atom is 0.267 e. The number of benzene rings is 1. The molecule has 30 heavy (non-hydrogen) atoms. The molecule has 2 heterocycles. The van der Waals surface area contributed by atoms with Crippen molar-refractivity contribution in [2.75, 3.05) is 19.6 Å². The van der Waals surface area contributed by atoms with Crippen molar-refractivity contribution < 1.29 is 14.0 Å². The van der Waals surface area contributed by atoms with Gasteiger partial charge in [-0.3, -0.25) is 14.5 Å². The third-order valence-corrected chi connectivity index (χ3v) is 6.77. The number of fused-ring (bicyclic) bond motifs is 1. The minimum absolute atomic E-state index is 0.103. The summed E-state index contributed by atoms with van der Waals surface area (Å²) in [7, 11) is 0. The van der Waals surface area contributed by atoms with Gasteiger partial charge in [-0.05, 0) is 57.2 Å². The molecule has 1 saturated carbocycles. The molecule has 2 aliphatic rings. The van der Waals surface area contributed by atoms with E-state index in [4.69, 9.17) is 0 Å². The summed E-state index contributed by atoms with van der Waals surface area (Å²) < 4.78 is 14.1. The highest BCUT2D eigenvalue weighted by Gasteiger charge is 2.34. The van der Waals surface area contributed by atoms with E-state index in [0.29, 0.717) is 28.7 Å². The standard InChI is InChI=1S/C23H31FN4O2/c1-14-7-8-20(24)19-12-21(26-22(14)19)23(30)25-17-5-4-6-18(11-17)28-10-9-27(16(3)29)13-15(28)2/h7-8,12,15,17-18,26H,4-6,9-11,13H2,1-3H3,(H,25,30)/t15-,17+,18-/m0/s1. The smallest absolute Gasteiger partial charge is 0.267 e. The first kappa shape index (κ1) is 20.8. The van der Waals surface area contributed by atoms with Crippen LogP contribution in [-0.2, 0) is 4.79 Å². The Morgan fingerprint density at radius 1 is 1.23 bits per heavy atom. The highest BCUT2D eigenvalue weighted by atomic mass is 19.1. The molecule has 1 aromatic carbocycles. The molecule has 0 unspecified atom stereocenters. The molecule has 0 radical (unpaired) electrons. The first-order valence-electron chi connectivity index (χ1n) is 10.9. The van der Waals surface area contributed by atoms with E-state index < -0.39 is 0 Å². The van der Waals surface area contributed by atoms with E-state index in [2.05, 4.69) is 22.1 Å². The van der Waals surface area contributed by atoms with Crippen LogP contribution in [0.3, 0.4) is 0 Å². The lowest BCUT2D eigenvalue weighted by Gasteiger charge is -2.46. The van der Waals surface area contributed by atoms with Gasteiger partial charge in [0.05, 0.1) is 5.52 Å². The average molecular weight is 415 g/mol. The molecular formula is C23H31FN4O2. The molecule has 2 fully saturated rings. The van der Waals surface area contributed by atoms with E-state index >= 15 is 0 Å². The summed E-state index contributed by atoms with van der Waals surface area (Å²) in [5, 5.41) is 3.62. The Balaban J connectivity index is 1.41. The van der Waals surface area contributed by atoms with Gasteiger partial charge in [0.15, 0.2) is 0 Å². The van der Waals surface area contributed by atoms with Gasteiger partial charge in [-0.2, -0.15) is 0 Å². The fourth-order valence-corrected chi connectivity index (χ4v) is 5.11. The van der Waals surface area contributed by atoms with Gasteiger partial charge in [0.1, 0.15) is 11.5 Å². The highest BCUT2D eigenvalue weighted by molar-refractivity contribution is 5.99. The first-order valence-corrected chi connectivity index (χ1v) is 10.9. The minimum atomic E-state index is -0.317. The summed E-state index contributed by atoms with van der Waals surface area (Å²) in [5.74, 6) is -0.354. The molecule has 6 nitrogen and oxygen atoms in total. The molecule has 1 aliphatic heterocycles. The Morgan fingerprint density at radius 2 is 2.03 bits per heavy atom. The van der Waals surface area contributed by atoms with E-state index in [-0.39, 0.29) is 23.7 Å². The fraction of sp³-hybridized carbons (Fsp3) is 0.565. The topological polar surface area (TPSA) is 68.4 Å². The maximum atomic E-state index is 14.1. The highest BCUT2D eigenvalue weighted by Crippen LogP contribution is 2.27. The van der Waals surface area contributed by atoms with Crippen LogP contribution in [0.15, 0.2) is 18.2 Å².